The van der Waals surface area contributed by atoms with Gasteiger partial charge >= 0.3 is 0 Å². The van der Waals surface area contributed by atoms with Crippen molar-refractivity contribution in [3.63, 3.8) is 0 Å². The number of benzene rings is 2. The molecule has 138 valence electrons. The van der Waals surface area contributed by atoms with Crippen molar-refractivity contribution in [3.05, 3.63) is 74.5 Å². The normalized spacial score (nSPS) is 10.1. The molecule has 3 rings (SSSR count). The maximum absolute atomic E-state index is 12.4. The first-order chi connectivity index (χ1) is 12.4. The van der Waals surface area contributed by atoms with Crippen molar-refractivity contribution >= 4 is 33.9 Å². The number of fused-ring (bicyclic) bond motifs is 1. The topological polar surface area (TPSA) is 148 Å². The van der Waals surface area contributed by atoms with Crippen molar-refractivity contribution < 1.29 is 19.7 Å². The number of nitro benzene ring substituents is 2. The molecule has 0 spiro atoms. The van der Waals surface area contributed by atoms with Crippen LogP contribution in [0.4, 0.5) is 17.1 Å². The highest BCUT2D eigenvalue weighted by Crippen LogP contribution is 2.29. The highest BCUT2D eigenvalue weighted by atomic mass is 16.6. The van der Waals surface area contributed by atoms with Gasteiger partial charge in [-0.25, -0.2) is 0 Å². The van der Waals surface area contributed by atoms with E-state index in [1.807, 2.05) is 0 Å². The molecule has 0 aliphatic carbocycles. The molecule has 0 radical (unpaired) electrons. The van der Waals surface area contributed by atoms with Gasteiger partial charge in [-0.15, -0.1) is 0 Å². The van der Waals surface area contributed by atoms with E-state index in [9.17, 15) is 30.1 Å². The molecule has 10 nitrogen and oxygen atoms in total. The van der Waals surface area contributed by atoms with Crippen LogP contribution in [0.3, 0.4) is 0 Å². The smallest absolute Gasteiger partial charge is 0.278 e. The number of phenols is 1. The van der Waals surface area contributed by atoms with Crippen molar-refractivity contribution in [1.82, 2.24) is 4.98 Å². The first kappa shape index (κ1) is 19.2. The Kier molecular flexibility index (Phi) is 5.30. The van der Waals surface area contributed by atoms with Crippen LogP contribution in [-0.4, -0.2) is 25.8 Å². The molecule has 0 aliphatic rings. The minimum absolute atomic E-state index is 0. The largest absolute Gasteiger partial charge is 0.505 e. The predicted molar refractivity (Wildman–Crippen MR) is 97.8 cm³/mol. The summed E-state index contributed by atoms with van der Waals surface area (Å²) in [5.74, 6) is -1.15. The molecule has 3 aromatic rings. The maximum Gasteiger partial charge on any atom is 0.278 e. The number of nitrogens with zero attached hydrogens (tertiary/aromatic N) is 3. The van der Waals surface area contributed by atoms with Gasteiger partial charge < -0.3 is 10.4 Å². The lowest BCUT2D eigenvalue weighted by Crippen LogP contribution is -2.12. The Balaban J connectivity index is 0.00000261. The van der Waals surface area contributed by atoms with Crippen LogP contribution in [0, 0.1) is 20.2 Å². The molecule has 2 N–H and O–H groups in total. The van der Waals surface area contributed by atoms with Crippen LogP contribution in [-0.2, 0) is 0 Å². The van der Waals surface area contributed by atoms with Crippen LogP contribution in [0.5, 0.6) is 5.75 Å². The number of aromatic hydroxyl groups is 1. The number of phenolic OH excluding ortho intramolecular Hbond substituents is 1. The second kappa shape index (κ2) is 7.44. The van der Waals surface area contributed by atoms with Gasteiger partial charge in [0.25, 0.3) is 17.3 Å². The van der Waals surface area contributed by atoms with E-state index in [4.69, 9.17) is 0 Å². The number of nitro groups is 2. The third-order valence-electron chi connectivity index (χ3n) is 3.57. The number of anilines is 1. The fraction of sp³-hybridized carbons (Fsp3) is 0.0588. The molecule has 1 aromatic heterocycles. The molecule has 0 unspecified atom stereocenters. The quantitative estimate of drug-likeness (QED) is 0.526. The molecule has 1 heterocycles. The van der Waals surface area contributed by atoms with Crippen LogP contribution >= 0.6 is 0 Å². The molecule has 10 heteroatoms. The number of amides is 1. The highest BCUT2D eigenvalue weighted by Gasteiger charge is 2.20. The number of aromatic nitrogens is 1. The van der Waals surface area contributed by atoms with E-state index >= 15 is 0 Å². The summed E-state index contributed by atoms with van der Waals surface area (Å²) >= 11 is 0. The van der Waals surface area contributed by atoms with E-state index in [0.29, 0.717) is 5.39 Å². The number of carbonyl (C=O) groups is 1. The van der Waals surface area contributed by atoms with Gasteiger partial charge in [-0.05, 0) is 12.1 Å². The Bertz CT molecular complexity index is 1030. The number of nitrogens with one attached hydrogen (secondary N) is 1. The number of rotatable bonds is 4. The summed E-state index contributed by atoms with van der Waals surface area (Å²) in [6, 6.07) is 9.07. The molecular formula is C17H14N4O6. The van der Waals surface area contributed by atoms with Crippen molar-refractivity contribution in [2.24, 2.45) is 0 Å². The van der Waals surface area contributed by atoms with Gasteiger partial charge in [0.2, 0.25) is 0 Å². The van der Waals surface area contributed by atoms with E-state index in [0.717, 1.165) is 18.2 Å². The van der Waals surface area contributed by atoms with E-state index < -0.39 is 27.1 Å². The van der Waals surface area contributed by atoms with Gasteiger partial charge in [-0.2, -0.15) is 0 Å². The lowest BCUT2D eigenvalue weighted by molar-refractivity contribution is -0.394. The molecule has 0 fully saturated rings. The average molecular weight is 370 g/mol. The van der Waals surface area contributed by atoms with E-state index in [1.54, 1.807) is 18.2 Å². The second-order valence-corrected chi connectivity index (χ2v) is 5.24. The summed E-state index contributed by atoms with van der Waals surface area (Å²) in [7, 11) is 0. The van der Waals surface area contributed by atoms with Gasteiger partial charge in [0.15, 0.2) is 5.75 Å². The number of hydrogen-bond donors (Lipinski definition) is 2. The fourth-order valence-corrected chi connectivity index (χ4v) is 2.39. The van der Waals surface area contributed by atoms with E-state index in [-0.39, 0.29) is 29.9 Å². The summed E-state index contributed by atoms with van der Waals surface area (Å²) in [5.41, 5.74) is -1.13. The molecule has 0 saturated carbocycles. The van der Waals surface area contributed by atoms with Gasteiger partial charge in [0.05, 0.1) is 27.2 Å². The number of pyridine rings is 1. The zero-order valence-corrected chi connectivity index (χ0v) is 12.9. The van der Waals surface area contributed by atoms with Crippen molar-refractivity contribution in [2.75, 3.05) is 5.32 Å². The molecule has 0 bridgehead atoms. The standard InChI is InChI=1S/C16H10N4O6.CH4/c21-15-13(4-3-9-2-1-5-17-14(9)15)16(22)18-10-6-11(19(23)24)8-12(7-10)20(25)26;/h1-8,21H,(H,18,22);1H4. The van der Waals surface area contributed by atoms with Crippen molar-refractivity contribution in [2.45, 2.75) is 7.43 Å². The lowest BCUT2D eigenvalue weighted by Gasteiger charge is -2.08. The first-order valence-electron chi connectivity index (χ1n) is 7.19. The minimum atomic E-state index is -0.805. The van der Waals surface area contributed by atoms with Crippen LogP contribution in [0.15, 0.2) is 48.7 Å². The van der Waals surface area contributed by atoms with Crippen LogP contribution in [0.25, 0.3) is 10.9 Å². The fourth-order valence-electron chi connectivity index (χ4n) is 2.39. The molecule has 0 aliphatic heterocycles. The zero-order valence-electron chi connectivity index (χ0n) is 12.9. The number of carbonyl (C=O) groups excluding carboxylic acids is 1. The minimum Gasteiger partial charge on any atom is -0.505 e. The molecular weight excluding hydrogens is 356 g/mol. The van der Waals surface area contributed by atoms with Crippen molar-refractivity contribution in [1.29, 1.82) is 0 Å². The number of hydrogen-bond acceptors (Lipinski definition) is 7. The Hall–Kier alpha value is -4.08. The Morgan fingerprint density at radius 2 is 1.67 bits per heavy atom. The predicted octanol–water partition coefficient (Wildman–Crippen LogP) is 3.65. The van der Waals surface area contributed by atoms with Gasteiger partial charge in [0.1, 0.15) is 5.52 Å². The van der Waals surface area contributed by atoms with Crippen molar-refractivity contribution in [3.8, 4) is 5.75 Å². The summed E-state index contributed by atoms with van der Waals surface area (Å²) in [4.78, 5) is 36.6. The maximum atomic E-state index is 12.4. The molecule has 2 aromatic carbocycles. The summed E-state index contributed by atoms with van der Waals surface area (Å²) < 4.78 is 0. The molecule has 27 heavy (non-hydrogen) atoms. The third kappa shape index (κ3) is 3.79. The third-order valence-corrected chi connectivity index (χ3v) is 3.57. The summed E-state index contributed by atoms with van der Waals surface area (Å²) in [5, 5.41) is 35.0. The van der Waals surface area contributed by atoms with Crippen LogP contribution < -0.4 is 5.32 Å². The second-order valence-electron chi connectivity index (χ2n) is 5.24. The van der Waals surface area contributed by atoms with E-state index in [2.05, 4.69) is 10.3 Å². The van der Waals surface area contributed by atoms with Crippen LogP contribution in [0.1, 0.15) is 17.8 Å². The Morgan fingerprint density at radius 1 is 1.04 bits per heavy atom. The summed E-state index contributed by atoms with van der Waals surface area (Å²) in [6.45, 7) is 0. The average Bonchev–Trinajstić information content (AvgIpc) is 2.61. The van der Waals surface area contributed by atoms with Crippen LogP contribution in [0.2, 0.25) is 0 Å². The Morgan fingerprint density at radius 3 is 2.26 bits per heavy atom. The van der Waals surface area contributed by atoms with Gasteiger partial charge in [0, 0.05) is 23.7 Å². The van der Waals surface area contributed by atoms with Gasteiger partial charge in [-0.1, -0.05) is 19.6 Å². The van der Waals surface area contributed by atoms with E-state index in [1.165, 1.54) is 12.3 Å². The SMILES string of the molecule is C.O=C(Nc1cc([N+](=O)[O-])cc([N+](=O)[O-])c1)c1ccc2cccnc2c1O. The highest BCUT2D eigenvalue weighted by molar-refractivity contribution is 6.09. The summed E-state index contributed by atoms with van der Waals surface area (Å²) in [6.07, 6.45) is 1.45. The monoisotopic (exact) mass is 370 g/mol. The van der Waals surface area contributed by atoms with Gasteiger partial charge in [-0.3, -0.25) is 30.0 Å². The molecule has 0 saturated heterocycles. The first-order valence-corrected chi connectivity index (χ1v) is 7.19. The molecule has 0 atom stereocenters. The molecule has 1 amide bonds. The zero-order chi connectivity index (χ0) is 18.8. The Labute approximate surface area is 152 Å². The number of non-ortho nitro benzene ring substituents is 2. The lowest BCUT2D eigenvalue weighted by atomic mass is 10.1.